The molecule has 0 saturated carbocycles. The van der Waals surface area contributed by atoms with E-state index in [4.69, 9.17) is 26.3 Å². The van der Waals surface area contributed by atoms with Crippen LogP contribution >= 0.6 is 24.0 Å². The summed E-state index contributed by atoms with van der Waals surface area (Å²) in [5.41, 5.74) is 0.00429. The summed E-state index contributed by atoms with van der Waals surface area (Å²) in [4.78, 5) is 12.5. The lowest BCUT2D eigenvalue weighted by molar-refractivity contribution is 0.00578. The molecular weight excluding hydrogens is 379 g/mol. The molecule has 0 aromatic heterocycles. The fourth-order valence-electron chi connectivity index (χ4n) is 2.85. The second-order valence-corrected chi connectivity index (χ2v) is 9.57. The Kier molecular flexibility index (Phi) is 7.92. The van der Waals surface area contributed by atoms with Gasteiger partial charge >= 0.3 is 7.12 Å². The standard InChI is InChI=1S/C20H29BO4S2/c1-6-23-18(26)27-16(12-13-17(22)15-10-8-7-9-11-15)14-21-24-19(2,3)20(4,5)25-21/h7-11,16H,6,12-14H2,1-5H3. The second-order valence-electron chi connectivity index (χ2n) is 7.67. The predicted molar refractivity (Wildman–Crippen MR) is 116 cm³/mol. The average molecular weight is 408 g/mol. The van der Waals surface area contributed by atoms with Gasteiger partial charge in [-0.25, -0.2) is 0 Å². The van der Waals surface area contributed by atoms with Crippen molar-refractivity contribution in [2.24, 2.45) is 0 Å². The highest BCUT2D eigenvalue weighted by atomic mass is 32.2. The van der Waals surface area contributed by atoms with Crippen LogP contribution in [-0.2, 0) is 14.0 Å². The van der Waals surface area contributed by atoms with Gasteiger partial charge in [0.05, 0.1) is 17.8 Å². The zero-order chi connectivity index (χ0) is 20.1. The highest BCUT2D eigenvalue weighted by molar-refractivity contribution is 8.23. The second kappa shape index (κ2) is 9.55. The Morgan fingerprint density at radius 3 is 2.33 bits per heavy atom. The summed E-state index contributed by atoms with van der Waals surface area (Å²) in [6, 6.07) is 9.38. The number of rotatable bonds is 8. The molecule has 1 aromatic rings. The monoisotopic (exact) mass is 408 g/mol. The highest BCUT2D eigenvalue weighted by Gasteiger charge is 2.51. The van der Waals surface area contributed by atoms with Crippen molar-refractivity contribution >= 4 is 41.3 Å². The number of hydrogen-bond donors (Lipinski definition) is 0. The summed E-state index contributed by atoms with van der Waals surface area (Å²) >= 11 is 6.80. The van der Waals surface area contributed by atoms with Gasteiger partial charge in [-0.15, -0.1) is 0 Å². The number of thiocarbonyl (C=S) groups is 1. The molecule has 0 amide bonds. The van der Waals surface area contributed by atoms with E-state index in [0.29, 0.717) is 30.2 Å². The molecule has 1 aromatic carbocycles. The molecule has 1 unspecified atom stereocenters. The Balaban J connectivity index is 1.99. The maximum atomic E-state index is 12.5. The van der Waals surface area contributed by atoms with Gasteiger partial charge in [-0.05, 0) is 59.6 Å². The molecular formula is C20H29BO4S2. The van der Waals surface area contributed by atoms with E-state index >= 15 is 0 Å². The van der Waals surface area contributed by atoms with Gasteiger partial charge in [-0.1, -0.05) is 42.1 Å². The summed E-state index contributed by atoms with van der Waals surface area (Å²) < 4.78 is 18.2. The van der Waals surface area contributed by atoms with Crippen LogP contribution in [0, 0.1) is 0 Å². The fraction of sp³-hybridized carbons (Fsp3) is 0.600. The molecule has 0 radical (unpaired) electrons. The first-order chi connectivity index (χ1) is 12.6. The molecule has 4 nitrogen and oxygen atoms in total. The van der Waals surface area contributed by atoms with Crippen molar-refractivity contribution in [2.45, 2.75) is 70.2 Å². The fourth-order valence-corrected chi connectivity index (χ4v) is 4.32. The van der Waals surface area contributed by atoms with Crippen molar-refractivity contribution in [1.29, 1.82) is 0 Å². The summed E-state index contributed by atoms with van der Waals surface area (Å²) in [6.45, 7) is 10.6. The Labute approximate surface area is 172 Å². The van der Waals surface area contributed by atoms with E-state index in [-0.39, 0.29) is 29.4 Å². The highest BCUT2D eigenvalue weighted by Crippen LogP contribution is 2.39. The Morgan fingerprint density at radius 1 is 1.19 bits per heavy atom. The maximum absolute atomic E-state index is 12.5. The Morgan fingerprint density at radius 2 is 1.78 bits per heavy atom. The molecule has 2 rings (SSSR count). The Hall–Kier alpha value is -0.885. The SMILES string of the molecule is CCOC(=S)SC(CCC(=O)c1ccccc1)CB1OC(C)(C)C(C)(C)O1. The van der Waals surface area contributed by atoms with Gasteiger partial charge < -0.3 is 14.0 Å². The number of benzene rings is 1. The summed E-state index contributed by atoms with van der Waals surface area (Å²) in [5, 5.41) is 0.0893. The number of carbonyl (C=O) groups is 1. The number of ketones is 1. The van der Waals surface area contributed by atoms with E-state index in [1.807, 2.05) is 65.0 Å². The minimum Gasteiger partial charge on any atom is -0.479 e. The number of Topliss-reactive ketones (excluding diaryl/α,β-unsaturated/α-hetero) is 1. The van der Waals surface area contributed by atoms with Crippen LogP contribution in [0.1, 0.15) is 57.8 Å². The predicted octanol–water partition coefficient (Wildman–Crippen LogP) is 5.16. The number of thioether (sulfide) groups is 1. The first-order valence-corrected chi connectivity index (χ1v) is 10.7. The molecule has 0 spiro atoms. The van der Waals surface area contributed by atoms with Crippen LogP contribution in [0.25, 0.3) is 0 Å². The topological polar surface area (TPSA) is 44.8 Å². The van der Waals surface area contributed by atoms with Crippen molar-refractivity contribution in [3.05, 3.63) is 35.9 Å². The number of carbonyl (C=O) groups excluding carboxylic acids is 1. The molecule has 1 fully saturated rings. The third-order valence-corrected chi connectivity index (χ3v) is 6.55. The molecule has 27 heavy (non-hydrogen) atoms. The molecule has 1 heterocycles. The third-order valence-electron chi connectivity index (χ3n) is 5.07. The van der Waals surface area contributed by atoms with Crippen molar-refractivity contribution < 1.29 is 18.8 Å². The lowest BCUT2D eigenvalue weighted by atomic mass is 9.81. The molecule has 0 bridgehead atoms. The summed E-state index contributed by atoms with van der Waals surface area (Å²) in [5.74, 6) is 0.137. The van der Waals surface area contributed by atoms with Crippen LogP contribution in [0.5, 0.6) is 0 Å². The molecule has 148 valence electrons. The van der Waals surface area contributed by atoms with E-state index in [9.17, 15) is 4.79 Å². The van der Waals surface area contributed by atoms with E-state index in [1.54, 1.807) is 0 Å². The van der Waals surface area contributed by atoms with Gasteiger partial charge in [-0.3, -0.25) is 4.79 Å². The normalized spacial score (nSPS) is 18.9. The third kappa shape index (κ3) is 6.31. The molecule has 1 atom stereocenters. The van der Waals surface area contributed by atoms with Gasteiger partial charge in [0.2, 0.25) is 4.38 Å². The van der Waals surface area contributed by atoms with E-state index < -0.39 is 0 Å². The zero-order valence-corrected chi connectivity index (χ0v) is 18.5. The van der Waals surface area contributed by atoms with Gasteiger partial charge in [0.1, 0.15) is 0 Å². The first kappa shape index (κ1) is 22.4. The maximum Gasteiger partial charge on any atom is 0.458 e. The minimum absolute atomic E-state index is 0.0893. The minimum atomic E-state index is -0.368. The van der Waals surface area contributed by atoms with Gasteiger partial charge in [0, 0.05) is 17.2 Å². The number of hydrogen-bond acceptors (Lipinski definition) is 6. The van der Waals surface area contributed by atoms with Crippen molar-refractivity contribution in [3.8, 4) is 0 Å². The van der Waals surface area contributed by atoms with Crippen LogP contribution in [0.15, 0.2) is 30.3 Å². The van der Waals surface area contributed by atoms with E-state index in [1.165, 1.54) is 11.8 Å². The molecule has 1 aliphatic rings. The quantitative estimate of drug-likeness (QED) is 0.336. The summed E-state index contributed by atoms with van der Waals surface area (Å²) in [6.07, 6.45) is 1.80. The van der Waals surface area contributed by atoms with Gasteiger partial charge in [0.25, 0.3) is 0 Å². The molecule has 7 heteroatoms. The molecule has 0 N–H and O–H groups in total. The van der Waals surface area contributed by atoms with Crippen LogP contribution in [0.3, 0.4) is 0 Å². The smallest absolute Gasteiger partial charge is 0.458 e. The van der Waals surface area contributed by atoms with Crippen molar-refractivity contribution in [3.63, 3.8) is 0 Å². The number of ether oxygens (including phenoxy) is 1. The van der Waals surface area contributed by atoms with Crippen LogP contribution < -0.4 is 0 Å². The Bertz CT molecular complexity index is 633. The first-order valence-electron chi connectivity index (χ1n) is 9.42. The van der Waals surface area contributed by atoms with Crippen LogP contribution in [-0.4, -0.2) is 40.3 Å². The molecule has 1 saturated heterocycles. The van der Waals surface area contributed by atoms with Crippen molar-refractivity contribution in [1.82, 2.24) is 0 Å². The van der Waals surface area contributed by atoms with Gasteiger partial charge in [0.15, 0.2) is 5.78 Å². The lowest BCUT2D eigenvalue weighted by Crippen LogP contribution is -2.41. The average Bonchev–Trinajstić information content (AvgIpc) is 2.80. The van der Waals surface area contributed by atoms with Crippen LogP contribution in [0.2, 0.25) is 6.32 Å². The lowest BCUT2D eigenvalue weighted by Gasteiger charge is -2.32. The largest absolute Gasteiger partial charge is 0.479 e. The van der Waals surface area contributed by atoms with E-state index in [0.717, 1.165) is 5.56 Å². The zero-order valence-electron chi connectivity index (χ0n) is 16.8. The van der Waals surface area contributed by atoms with E-state index in [2.05, 4.69) is 0 Å². The molecule has 0 aliphatic carbocycles. The van der Waals surface area contributed by atoms with Gasteiger partial charge in [-0.2, -0.15) is 0 Å². The van der Waals surface area contributed by atoms with Crippen LogP contribution in [0.4, 0.5) is 0 Å². The molecule has 1 aliphatic heterocycles. The summed E-state index contributed by atoms with van der Waals surface area (Å²) in [7, 11) is -0.316. The van der Waals surface area contributed by atoms with Crippen molar-refractivity contribution in [2.75, 3.05) is 6.61 Å².